The van der Waals surface area contributed by atoms with Crippen molar-refractivity contribution in [3.8, 4) is 0 Å². The van der Waals surface area contributed by atoms with Crippen molar-refractivity contribution in [2.24, 2.45) is 5.73 Å². The molecule has 3 N–H and O–H groups in total. The zero-order chi connectivity index (χ0) is 14.4. The summed E-state index contributed by atoms with van der Waals surface area (Å²) in [6.07, 6.45) is 1.63. The SMILES string of the molecule is NC(=O)Nc1ccc(C(=O)OCc2ccccn2)cc1. The van der Waals surface area contributed by atoms with Gasteiger partial charge >= 0.3 is 12.0 Å². The number of nitrogens with two attached hydrogens (primary N) is 1. The zero-order valence-corrected chi connectivity index (χ0v) is 10.6. The highest BCUT2D eigenvalue weighted by Crippen LogP contribution is 2.11. The molecule has 6 heteroatoms. The average molecular weight is 271 g/mol. The van der Waals surface area contributed by atoms with Crippen molar-refractivity contribution in [2.75, 3.05) is 5.32 Å². The molecule has 0 aliphatic carbocycles. The van der Waals surface area contributed by atoms with E-state index in [-0.39, 0.29) is 6.61 Å². The van der Waals surface area contributed by atoms with Gasteiger partial charge in [0.15, 0.2) is 0 Å². The number of nitrogens with zero attached hydrogens (tertiary/aromatic N) is 1. The molecule has 0 fully saturated rings. The smallest absolute Gasteiger partial charge is 0.338 e. The summed E-state index contributed by atoms with van der Waals surface area (Å²) in [6, 6.07) is 11.0. The van der Waals surface area contributed by atoms with Crippen LogP contribution in [-0.2, 0) is 11.3 Å². The molecule has 20 heavy (non-hydrogen) atoms. The Morgan fingerprint density at radius 3 is 2.50 bits per heavy atom. The fraction of sp³-hybridized carbons (Fsp3) is 0.0714. The molecule has 0 saturated carbocycles. The van der Waals surface area contributed by atoms with Crippen molar-refractivity contribution in [1.29, 1.82) is 0 Å². The first-order chi connectivity index (χ1) is 9.65. The van der Waals surface area contributed by atoms with E-state index in [1.165, 1.54) is 0 Å². The van der Waals surface area contributed by atoms with Crippen LogP contribution in [0.2, 0.25) is 0 Å². The molecule has 2 aromatic rings. The number of anilines is 1. The first-order valence-electron chi connectivity index (χ1n) is 5.89. The fourth-order valence-electron chi connectivity index (χ4n) is 1.54. The summed E-state index contributed by atoms with van der Waals surface area (Å²) in [5.74, 6) is -0.457. The maximum absolute atomic E-state index is 11.8. The van der Waals surface area contributed by atoms with Gasteiger partial charge in [-0.2, -0.15) is 0 Å². The topological polar surface area (TPSA) is 94.3 Å². The molecule has 0 unspecified atom stereocenters. The highest BCUT2D eigenvalue weighted by molar-refractivity contribution is 5.91. The van der Waals surface area contributed by atoms with Crippen molar-refractivity contribution in [1.82, 2.24) is 4.98 Å². The number of hydrogen-bond acceptors (Lipinski definition) is 4. The second-order valence-corrected chi connectivity index (χ2v) is 3.96. The van der Waals surface area contributed by atoms with Gasteiger partial charge in [0.25, 0.3) is 0 Å². The predicted molar refractivity (Wildman–Crippen MR) is 73.0 cm³/mol. The highest BCUT2D eigenvalue weighted by atomic mass is 16.5. The van der Waals surface area contributed by atoms with Gasteiger partial charge in [-0.3, -0.25) is 4.98 Å². The van der Waals surface area contributed by atoms with Gasteiger partial charge in [0.05, 0.1) is 11.3 Å². The first-order valence-corrected chi connectivity index (χ1v) is 5.89. The lowest BCUT2D eigenvalue weighted by Crippen LogP contribution is -2.19. The number of pyridine rings is 1. The monoisotopic (exact) mass is 271 g/mol. The van der Waals surface area contributed by atoms with E-state index in [2.05, 4.69) is 10.3 Å². The van der Waals surface area contributed by atoms with E-state index in [4.69, 9.17) is 10.5 Å². The van der Waals surface area contributed by atoms with Crippen molar-refractivity contribution in [3.63, 3.8) is 0 Å². The van der Waals surface area contributed by atoms with Crippen molar-refractivity contribution < 1.29 is 14.3 Å². The second kappa shape index (κ2) is 6.33. The maximum atomic E-state index is 11.8. The fourth-order valence-corrected chi connectivity index (χ4v) is 1.54. The van der Waals surface area contributed by atoms with Crippen LogP contribution in [0.4, 0.5) is 10.5 Å². The van der Waals surface area contributed by atoms with E-state index in [1.807, 2.05) is 6.07 Å². The Balaban J connectivity index is 1.94. The number of nitrogens with one attached hydrogen (secondary N) is 1. The number of hydrogen-bond donors (Lipinski definition) is 2. The van der Waals surface area contributed by atoms with Crippen LogP contribution in [0, 0.1) is 0 Å². The summed E-state index contributed by atoms with van der Waals surface area (Å²) in [4.78, 5) is 26.5. The summed E-state index contributed by atoms with van der Waals surface area (Å²) in [7, 11) is 0. The second-order valence-electron chi connectivity index (χ2n) is 3.96. The number of urea groups is 1. The van der Waals surface area contributed by atoms with E-state index in [0.717, 1.165) is 0 Å². The predicted octanol–water partition coefficient (Wildman–Crippen LogP) is 1.93. The maximum Gasteiger partial charge on any atom is 0.338 e. The number of primary amides is 1. The van der Waals surface area contributed by atoms with E-state index in [0.29, 0.717) is 16.9 Å². The summed E-state index contributed by atoms with van der Waals surface area (Å²) in [5.41, 5.74) is 6.56. The Kier molecular flexibility index (Phi) is 4.28. The molecule has 1 heterocycles. The number of amides is 2. The molecule has 6 nitrogen and oxygen atoms in total. The third kappa shape index (κ3) is 3.81. The third-order valence-electron chi connectivity index (χ3n) is 2.47. The van der Waals surface area contributed by atoms with Gasteiger partial charge in [0.1, 0.15) is 6.61 Å². The molecule has 0 radical (unpaired) electrons. The van der Waals surface area contributed by atoms with Gasteiger partial charge in [-0.1, -0.05) is 6.07 Å². The zero-order valence-electron chi connectivity index (χ0n) is 10.6. The van der Waals surface area contributed by atoms with E-state index in [9.17, 15) is 9.59 Å². The van der Waals surface area contributed by atoms with Crippen LogP contribution in [0.5, 0.6) is 0 Å². The number of benzene rings is 1. The minimum Gasteiger partial charge on any atom is -0.456 e. The molecule has 0 atom stereocenters. The minimum absolute atomic E-state index is 0.112. The van der Waals surface area contributed by atoms with Crippen molar-refractivity contribution in [2.45, 2.75) is 6.61 Å². The molecular formula is C14H13N3O3. The summed E-state index contributed by atoms with van der Waals surface area (Å²) >= 11 is 0. The Morgan fingerprint density at radius 1 is 1.15 bits per heavy atom. The van der Waals surface area contributed by atoms with E-state index >= 15 is 0 Å². The standard InChI is InChI=1S/C14H13N3O3/c15-14(19)17-11-6-4-10(5-7-11)13(18)20-9-12-3-1-2-8-16-12/h1-8H,9H2,(H3,15,17,19). The average Bonchev–Trinajstić information content (AvgIpc) is 2.46. The lowest BCUT2D eigenvalue weighted by molar-refractivity contribution is 0.0468. The van der Waals surface area contributed by atoms with Crippen LogP contribution in [0.1, 0.15) is 16.1 Å². The van der Waals surface area contributed by atoms with Gasteiger partial charge < -0.3 is 15.8 Å². The number of carbonyl (C=O) groups excluding carboxylic acids is 2. The van der Waals surface area contributed by atoms with Gasteiger partial charge in [-0.25, -0.2) is 9.59 Å². The van der Waals surface area contributed by atoms with E-state index < -0.39 is 12.0 Å². The molecule has 1 aromatic carbocycles. The molecule has 0 bridgehead atoms. The number of carbonyl (C=O) groups is 2. The number of ether oxygens (including phenoxy) is 1. The Hall–Kier alpha value is -2.89. The quantitative estimate of drug-likeness (QED) is 0.831. The largest absolute Gasteiger partial charge is 0.456 e. The molecule has 1 aromatic heterocycles. The molecule has 102 valence electrons. The highest BCUT2D eigenvalue weighted by Gasteiger charge is 2.07. The van der Waals surface area contributed by atoms with Gasteiger partial charge in [0.2, 0.25) is 0 Å². The Bertz CT molecular complexity index is 597. The minimum atomic E-state index is -0.657. The van der Waals surface area contributed by atoms with Crippen LogP contribution in [0.3, 0.4) is 0 Å². The Labute approximate surface area is 115 Å². The molecular weight excluding hydrogens is 258 g/mol. The van der Waals surface area contributed by atoms with Gasteiger partial charge in [0, 0.05) is 11.9 Å². The number of rotatable bonds is 4. The van der Waals surface area contributed by atoms with Crippen molar-refractivity contribution in [3.05, 3.63) is 59.9 Å². The van der Waals surface area contributed by atoms with Crippen LogP contribution < -0.4 is 11.1 Å². The molecule has 0 aliphatic heterocycles. The summed E-state index contributed by atoms with van der Waals surface area (Å²) < 4.78 is 5.12. The van der Waals surface area contributed by atoms with Gasteiger partial charge in [-0.15, -0.1) is 0 Å². The molecule has 0 saturated heterocycles. The van der Waals surface area contributed by atoms with Gasteiger partial charge in [-0.05, 0) is 36.4 Å². The van der Waals surface area contributed by atoms with Crippen LogP contribution in [-0.4, -0.2) is 17.0 Å². The molecule has 0 aliphatic rings. The molecule has 0 spiro atoms. The first kappa shape index (κ1) is 13.5. The molecule has 2 rings (SSSR count). The Morgan fingerprint density at radius 2 is 1.90 bits per heavy atom. The van der Waals surface area contributed by atoms with Crippen LogP contribution in [0.25, 0.3) is 0 Å². The lowest BCUT2D eigenvalue weighted by Gasteiger charge is -2.05. The molecule has 2 amide bonds. The number of aromatic nitrogens is 1. The third-order valence-corrected chi connectivity index (χ3v) is 2.47. The van der Waals surface area contributed by atoms with E-state index in [1.54, 1.807) is 42.6 Å². The normalized spacial score (nSPS) is 9.80. The lowest BCUT2D eigenvalue weighted by atomic mass is 10.2. The van der Waals surface area contributed by atoms with Crippen LogP contribution in [0.15, 0.2) is 48.7 Å². The number of esters is 1. The summed E-state index contributed by atoms with van der Waals surface area (Å²) in [6.45, 7) is 0.112. The summed E-state index contributed by atoms with van der Waals surface area (Å²) in [5, 5.41) is 2.41. The van der Waals surface area contributed by atoms with Crippen molar-refractivity contribution >= 4 is 17.7 Å². The van der Waals surface area contributed by atoms with Crippen LogP contribution >= 0.6 is 0 Å².